The number of carbonyl (C=O) groups excluding carboxylic acids is 2. The van der Waals surface area contributed by atoms with E-state index in [1.165, 1.54) is 19.3 Å². The molecular weight excluding hydrogens is 582 g/mol. The van der Waals surface area contributed by atoms with Crippen LogP contribution in [-0.2, 0) is 18.3 Å². The lowest BCUT2D eigenvalue weighted by Gasteiger charge is -2.28. The fourth-order valence-electron chi connectivity index (χ4n) is 6.05. The molecule has 10 nitrogen and oxygen atoms in total. The predicted octanol–water partition coefficient (Wildman–Crippen LogP) is 6.00. The lowest BCUT2D eigenvalue weighted by Crippen LogP contribution is -2.38. The standard InChI is InChI=1S/C33H32ClN5O5/c1-19-21(8-7-11-25(19)36-30(40)24-16-17-35-38(2)32(24)41)22-9-6-10-23(29(22)34)26-15-14-20(31(37-26)43-3)18-39-27-12-4-5-13-28(27)44-33(39)42/h6-11,14-17,27-28H,4-5,12-13,18H2,1-3H3,(H,36,40)/t27?,28-/m0/s1. The summed E-state index contributed by atoms with van der Waals surface area (Å²) in [5.41, 5.74) is 4.53. The van der Waals surface area contributed by atoms with Gasteiger partial charge in [-0.1, -0.05) is 48.4 Å². The molecule has 11 heteroatoms. The average molecular weight is 614 g/mol. The van der Waals surface area contributed by atoms with Gasteiger partial charge in [0.1, 0.15) is 11.7 Å². The highest BCUT2D eigenvalue weighted by atomic mass is 35.5. The van der Waals surface area contributed by atoms with Crippen molar-refractivity contribution in [1.29, 1.82) is 0 Å². The molecule has 2 fully saturated rings. The highest BCUT2D eigenvalue weighted by molar-refractivity contribution is 6.36. The Morgan fingerprint density at radius 1 is 1.05 bits per heavy atom. The third-order valence-electron chi connectivity index (χ3n) is 8.42. The molecule has 0 spiro atoms. The van der Waals surface area contributed by atoms with E-state index in [4.69, 9.17) is 26.1 Å². The van der Waals surface area contributed by atoms with Crippen LogP contribution in [0.1, 0.15) is 47.2 Å². The van der Waals surface area contributed by atoms with Gasteiger partial charge in [-0.2, -0.15) is 5.10 Å². The topological polar surface area (TPSA) is 116 Å². The Labute approximate surface area is 259 Å². The number of anilines is 1. The molecule has 6 rings (SSSR count). The molecule has 1 N–H and O–H groups in total. The molecule has 3 heterocycles. The fourth-order valence-corrected chi connectivity index (χ4v) is 6.38. The van der Waals surface area contributed by atoms with Gasteiger partial charge in [0.2, 0.25) is 5.88 Å². The van der Waals surface area contributed by atoms with Crippen molar-refractivity contribution in [2.45, 2.75) is 51.3 Å². The molecule has 1 aliphatic heterocycles. The summed E-state index contributed by atoms with van der Waals surface area (Å²) in [6.07, 6.45) is 5.06. The molecule has 1 unspecified atom stereocenters. The van der Waals surface area contributed by atoms with Gasteiger partial charge in [0, 0.05) is 35.6 Å². The van der Waals surface area contributed by atoms with Crippen molar-refractivity contribution < 1.29 is 19.1 Å². The third kappa shape index (κ3) is 5.41. The second kappa shape index (κ2) is 12.1. The monoisotopic (exact) mass is 613 g/mol. The lowest BCUT2D eigenvalue weighted by atomic mass is 9.92. The Bertz CT molecular complexity index is 1820. The van der Waals surface area contributed by atoms with E-state index in [9.17, 15) is 14.4 Å². The predicted molar refractivity (Wildman–Crippen MR) is 167 cm³/mol. The number of nitrogens with one attached hydrogen (secondary N) is 1. The summed E-state index contributed by atoms with van der Waals surface area (Å²) in [7, 11) is 3.05. The number of aryl methyl sites for hydroxylation is 1. The number of hydrogen-bond acceptors (Lipinski definition) is 7. The quantitative estimate of drug-likeness (QED) is 0.272. The molecular formula is C33H32ClN5O5. The summed E-state index contributed by atoms with van der Waals surface area (Å²) in [6, 6.07) is 16.5. The van der Waals surface area contributed by atoms with Crippen LogP contribution < -0.4 is 15.6 Å². The smallest absolute Gasteiger partial charge is 0.410 e. The van der Waals surface area contributed by atoms with Gasteiger partial charge in [-0.25, -0.2) is 14.5 Å². The van der Waals surface area contributed by atoms with E-state index in [2.05, 4.69) is 10.4 Å². The summed E-state index contributed by atoms with van der Waals surface area (Å²) in [5, 5.41) is 7.21. The van der Waals surface area contributed by atoms with E-state index in [0.717, 1.165) is 52.6 Å². The van der Waals surface area contributed by atoms with E-state index < -0.39 is 11.5 Å². The zero-order valence-electron chi connectivity index (χ0n) is 24.7. The van der Waals surface area contributed by atoms with Crippen molar-refractivity contribution in [2.24, 2.45) is 7.05 Å². The molecule has 2 aromatic carbocycles. The molecule has 2 amide bonds. The number of carbonyl (C=O) groups is 2. The van der Waals surface area contributed by atoms with Crippen LogP contribution in [-0.4, -0.2) is 50.9 Å². The molecule has 44 heavy (non-hydrogen) atoms. The van der Waals surface area contributed by atoms with Crippen molar-refractivity contribution in [1.82, 2.24) is 19.7 Å². The summed E-state index contributed by atoms with van der Waals surface area (Å²) in [6.45, 7) is 2.24. The van der Waals surface area contributed by atoms with Crippen molar-refractivity contribution in [3.8, 4) is 28.3 Å². The Morgan fingerprint density at radius 3 is 2.61 bits per heavy atom. The Balaban J connectivity index is 1.28. The largest absolute Gasteiger partial charge is 0.481 e. The van der Waals surface area contributed by atoms with Crippen molar-refractivity contribution in [3.05, 3.63) is 92.9 Å². The van der Waals surface area contributed by atoms with Crippen molar-refractivity contribution in [3.63, 3.8) is 0 Å². The Hall–Kier alpha value is -4.70. The maximum atomic E-state index is 13.0. The molecule has 2 aromatic heterocycles. The Kier molecular flexibility index (Phi) is 8.09. The number of amides is 2. The minimum Gasteiger partial charge on any atom is -0.481 e. The van der Waals surface area contributed by atoms with Crippen LogP contribution in [0.15, 0.2) is 65.6 Å². The maximum Gasteiger partial charge on any atom is 0.410 e. The molecule has 4 aromatic rings. The van der Waals surface area contributed by atoms with E-state index in [1.54, 1.807) is 18.1 Å². The molecule has 2 atom stereocenters. The van der Waals surface area contributed by atoms with E-state index in [0.29, 0.717) is 34.4 Å². The summed E-state index contributed by atoms with van der Waals surface area (Å²) in [5.74, 6) is -0.107. The van der Waals surface area contributed by atoms with Gasteiger partial charge in [-0.3, -0.25) is 14.5 Å². The molecule has 1 saturated heterocycles. The van der Waals surface area contributed by atoms with Crippen LogP contribution in [0, 0.1) is 6.92 Å². The first-order chi connectivity index (χ1) is 21.3. The second-order valence-corrected chi connectivity index (χ2v) is 11.4. The number of methoxy groups -OCH3 is 1. The molecule has 0 radical (unpaired) electrons. The number of rotatable bonds is 7. The van der Waals surface area contributed by atoms with Crippen molar-refractivity contribution >= 4 is 29.3 Å². The van der Waals surface area contributed by atoms with Gasteiger partial charge in [-0.15, -0.1) is 0 Å². The first-order valence-electron chi connectivity index (χ1n) is 14.5. The summed E-state index contributed by atoms with van der Waals surface area (Å²) >= 11 is 7.02. The van der Waals surface area contributed by atoms with Crippen LogP contribution in [0.2, 0.25) is 5.02 Å². The molecule has 2 aliphatic rings. The number of aromatic nitrogens is 3. The van der Waals surface area contributed by atoms with Gasteiger partial charge in [0.05, 0.1) is 30.4 Å². The highest BCUT2D eigenvalue weighted by Crippen LogP contribution is 2.40. The molecule has 1 aliphatic carbocycles. The van der Waals surface area contributed by atoms with Crippen LogP contribution in [0.3, 0.4) is 0 Å². The molecule has 226 valence electrons. The summed E-state index contributed by atoms with van der Waals surface area (Å²) < 4.78 is 12.4. The van der Waals surface area contributed by atoms with Crippen LogP contribution in [0.25, 0.3) is 22.4 Å². The van der Waals surface area contributed by atoms with E-state index in [1.807, 2.05) is 49.4 Å². The zero-order chi connectivity index (χ0) is 31.0. The number of halogens is 1. The number of benzene rings is 2. The number of fused-ring (bicyclic) bond motifs is 1. The maximum absolute atomic E-state index is 13.0. The Morgan fingerprint density at radius 2 is 1.80 bits per heavy atom. The minimum atomic E-state index is -0.523. The number of ether oxygens (including phenoxy) is 2. The SMILES string of the molecule is COc1nc(-c2cccc(-c3cccc(NC(=O)c4ccnn(C)c4=O)c3C)c2Cl)ccc1CN1C(=O)O[C@H]2CCCCC21. The lowest BCUT2D eigenvalue weighted by molar-refractivity contribution is 0.102. The van der Waals surface area contributed by atoms with Gasteiger partial charge < -0.3 is 14.8 Å². The first kappa shape index (κ1) is 29.4. The van der Waals surface area contributed by atoms with Gasteiger partial charge in [0.25, 0.3) is 11.5 Å². The fraction of sp³-hybridized carbons (Fsp3) is 0.303. The van der Waals surface area contributed by atoms with Crippen LogP contribution in [0.4, 0.5) is 10.5 Å². The van der Waals surface area contributed by atoms with Gasteiger partial charge in [-0.05, 0) is 61.6 Å². The van der Waals surface area contributed by atoms with E-state index in [-0.39, 0.29) is 23.8 Å². The number of nitrogens with zero attached hydrogens (tertiary/aromatic N) is 4. The second-order valence-electron chi connectivity index (χ2n) is 11.0. The molecule has 1 saturated carbocycles. The van der Waals surface area contributed by atoms with Crippen molar-refractivity contribution in [2.75, 3.05) is 12.4 Å². The minimum absolute atomic E-state index is 0.00372. The van der Waals surface area contributed by atoms with Gasteiger partial charge in [0.15, 0.2) is 0 Å². The van der Waals surface area contributed by atoms with E-state index >= 15 is 0 Å². The summed E-state index contributed by atoms with van der Waals surface area (Å²) in [4.78, 5) is 44.6. The number of hydrogen-bond donors (Lipinski definition) is 1. The first-order valence-corrected chi connectivity index (χ1v) is 14.9. The normalized spacial score (nSPS) is 17.6. The highest BCUT2D eigenvalue weighted by Gasteiger charge is 2.43. The third-order valence-corrected chi connectivity index (χ3v) is 8.83. The van der Waals surface area contributed by atoms with Crippen LogP contribution >= 0.6 is 11.6 Å². The zero-order valence-corrected chi connectivity index (χ0v) is 25.4. The average Bonchev–Trinajstić information content (AvgIpc) is 3.34. The number of pyridine rings is 1. The molecule has 0 bridgehead atoms. The van der Waals surface area contributed by atoms with Gasteiger partial charge >= 0.3 is 6.09 Å². The van der Waals surface area contributed by atoms with Crippen LogP contribution in [0.5, 0.6) is 5.88 Å².